The Hall–Kier alpha value is -1.13. The second-order valence-corrected chi connectivity index (χ2v) is 6.80. The summed E-state index contributed by atoms with van der Waals surface area (Å²) in [5.41, 5.74) is 3.27. The van der Waals surface area contributed by atoms with Crippen LogP contribution in [0.5, 0.6) is 0 Å². The number of halogens is 1. The van der Waals surface area contributed by atoms with Gasteiger partial charge in [0.15, 0.2) is 0 Å². The summed E-state index contributed by atoms with van der Waals surface area (Å²) in [6, 6.07) is 10.8. The summed E-state index contributed by atoms with van der Waals surface area (Å²) >= 11 is 8.24. The molecule has 0 N–H and O–H groups in total. The molecule has 1 aliphatic rings. The SMILES string of the molecule is Cc1nn(-c2ccccc2)c(N2CCSCC2C)c1CCl. The first kappa shape index (κ1) is 14.8. The lowest BCUT2D eigenvalue weighted by Gasteiger charge is -2.35. The summed E-state index contributed by atoms with van der Waals surface area (Å²) in [5.74, 6) is 3.98. The topological polar surface area (TPSA) is 21.1 Å². The van der Waals surface area contributed by atoms with E-state index in [0.717, 1.165) is 35.0 Å². The molecule has 0 aliphatic carbocycles. The van der Waals surface area contributed by atoms with E-state index in [1.807, 2.05) is 36.9 Å². The second kappa shape index (κ2) is 6.32. The molecule has 0 spiro atoms. The van der Waals surface area contributed by atoms with Crippen LogP contribution in [0.3, 0.4) is 0 Å². The Balaban J connectivity index is 2.12. The molecule has 1 saturated heterocycles. The number of alkyl halides is 1. The molecule has 1 aromatic heterocycles. The van der Waals surface area contributed by atoms with E-state index in [2.05, 4.69) is 28.6 Å². The van der Waals surface area contributed by atoms with Crippen LogP contribution in [0.4, 0.5) is 5.82 Å². The lowest BCUT2D eigenvalue weighted by atomic mass is 10.2. The van der Waals surface area contributed by atoms with Gasteiger partial charge in [0.05, 0.1) is 17.3 Å². The molecule has 0 saturated carbocycles. The standard InChI is InChI=1S/C16H20ClN3S/c1-12-11-21-9-8-19(12)16-15(10-17)13(2)18-20(16)14-6-4-3-5-7-14/h3-7,12H,8-11H2,1-2H3. The maximum atomic E-state index is 6.22. The van der Waals surface area contributed by atoms with Gasteiger partial charge in [-0.1, -0.05) is 18.2 Å². The van der Waals surface area contributed by atoms with Crippen LogP contribution in [0.2, 0.25) is 0 Å². The molecule has 21 heavy (non-hydrogen) atoms. The van der Waals surface area contributed by atoms with Gasteiger partial charge >= 0.3 is 0 Å². The third-order valence-corrected chi connectivity index (χ3v) is 5.39. The van der Waals surface area contributed by atoms with Crippen LogP contribution in [-0.2, 0) is 5.88 Å². The zero-order chi connectivity index (χ0) is 14.8. The average molecular weight is 322 g/mol. The maximum absolute atomic E-state index is 6.22. The van der Waals surface area contributed by atoms with Gasteiger partial charge in [-0.2, -0.15) is 16.9 Å². The smallest absolute Gasteiger partial charge is 0.137 e. The van der Waals surface area contributed by atoms with E-state index in [9.17, 15) is 0 Å². The molecule has 3 nitrogen and oxygen atoms in total. The number of aryl methyl sites for hydroxylation is 1. The van der Waals surface area contributed by atoms with Gasteiger partial charge in [-0.3, -0.25) is 0 Å². The van der Waals surface area contributed by atoms with Gasteiger partial charge in [0.25, 0.3) is 0 Å². The number of nitrogens with zero attached hydrogens (tertiary/aromatic N) is 3. The molecule has 2 aromatic rings. The molecule has 5 heteroatoms. The predicted octanol–water partition coefficient (Wildman–Crippen LogP) is 3.86. The van der Waals surface area contributed by atoms with E-state index < -0.39 is 0 Å². The fourth-order valence-corrected chi connectivity index (χ4v) is 4.12. The van der Waals surface area contributed by atoms with Crippen molar-refractivity contribution in [3.05, 3.63) is 41.6 Å². The van der Waals surface area contributed by atoms with Crippen LogP contribution >= 0.6 is 23.4 Å². The number of anilines is 1. The Morgan fingerprint density at radius 1 is 1.33 bits per heavy atom. The number of rotatable bonds is 3. The van der Waals surface area contributed by atoms with Gasteiger partial charge in [0.1, 0.15) is 5.82 Å². The van der Waals surface area contributed by atoms with E-state index in [-0.39, 0.29) is 0 Å². The van der Waals surface area contributed by atoms with Gasteiger partial charge in [0.2, 0.25) is 0 Å². The summed E-state index contributed by atoms with van der Waals surface area (Å²) in [6.45, 7) is 5.37. The Labute approximate surface area is 135 Å². The molecule has 2 heterocycles. The van der Waals surface area contributed by atoms with Crippen molar-refractivity contribution in [2.45, 2.75) is 25.8 Å². The Kier molecular flexibility index (Phi) is 4.45. The number of para-hydroxylation sites is 1. The molecular formula is C16H20ClN3S. The molecule has 3 rings (SSSR count). The molecular weight excluding hydrogens is 302 g/mol. The van der Waals surface area contributed by atoms with E-state index in [1.165, 1.54) is 5.82 Å². The monoisotopic (exact) mass is 321 g/mol. The first-order valence-corrected chi connectivity index (χ1v) is 8.95. The predicted molar refractivity (Wildman–Crippen MR) is 92.0 cm³/mol. The average Bonchev–Trinajstić information content (AvgIpc) is 2.85. The summed E-state index contributed by atoms with van der Waals surface area (Å²) < 4.78 is 2.06. The molecule has 1 aromatic carbocycles. The highest BCUT2D eigenvalue weighted by molar-refractivity contribution is 7.99. The first-order chi connectivity index (χ1) is 10.2. The number of aromatic nitrogens is 2. The third-order valence-electron chi connectivity index (χ3n) is 3.93. The summed E-state index contributed by atoms with van der Waals surface area (Å²) in [4.78, 5) is 2.46. The minimum absolute atomic E-state index is 0.504. The van der Waals surface area contributed by atoms with E-state index in [0.29, 0.717) is 11.9 Å². The molecule has 0 bridgehead atoms. The number of hydrogen-bond acceptors (Lipinski definition) is 3. The summed E-state index contributed by atoms with van der Waals surface area (Å²) in [7, 11) is 0. The van der Waals surface area contributed by atoms with Gasteiger partial charge < -0.3 is 4.90 Å². The van der Waals surface area contributed by atoms with Crippen molar-refractivity contribution in [3.8, 4) is 5.69 Å². The highest BCUT2D eigenvalue weighted by Crippen LogP contribution is 2.32. The van der Waals surface area contributed by atoms with Crippen molar-refractivity contribution in [2.24, 2.45) is 0 Å². The third kappa shape index (κ3) is 2.79. The molecule has 1 aliphatic heterocycles. The highest BCUT2D eigenvalue weighted by Gasteiger charge is 2.26. The zero-order valence-electron chi connectivity index (χ0n) is 12.4. The van der Waals surface area contributed by atoms with Gasteiger partial charge in [0, 0.05) is 29.7 Å². The lowest BCUT2D eigenvalue weighted by Crippen LogP contribution is -2.42. The number of thioether (sulfide) groups is 1. The Bertz CT molecular complexity index is 611. The summed E-state index contributed by atoms with van der Waals surface area (Å²) in [6.07, 6.45) is 0. The van der Waals surface area contributed by atoms with E-state index in [4.69, 9.17) is 16.7 Å². The van der Waals surface area contributed by atoms with Crippen molar-refractivity contribution in [3.63, 3.8) is 0 Å². The molecule has 0 radical (unpaired) electrons. The second-order valence-electron chi connectivity index (χ2n) is 5.39. The van der Waals surface area contributed by atoms with Crippen LogP contribution in [0, 0.1) is 6.92 Å². The maximum Gasteiger partial charge on any atom is 0.137 e. The molecule has 1 fully saturated rings. The molecule has 0 amide bonds. The van der Waals surface area contributed by atoms with Crippen molar-refractivity contribution in [2.75, 3.05) is 23.0 Å². The summed E-state index contributed by atoms with van der Waals surface area (Å²) in [5, 5.41) is 4.75. The van der Waals surface area contributed by atoms with Crippen molar-refractivity contribution < 1.29 is 0 Å². The largest absolute Gasteiger partial charge is 0.352 e. The van der Waals surface area contributed by atoms with Crippen LogP contribution in [0.1, 0.15) is 18.2 Å². The van der Waals surface area contributed by atoms with Crippen molar-refractivity contribution in [1.82, 2.24) is 9.78 Å². The lowest BCUT2D eigenvalue weighted by molar-refractivity contribution is 0.669. The van der Waals surface area contributed by atoms with Gasteiger partial charge in [-0.05, 0) is 26.0 Å². The fraction of sp³-hybridized carbons (Fsp3) is 0.438. The van der Waals surface area contributed by atoms with E-state index in [1.54, 1.807) is 0 Å². The van der Waals surface area contributed by atoms with Gasteiger partial charge in [-0.15, -0.1) is 11.6 Å². The first-order valence-electron chi connectivity index (χ1n) is 7.26. The zero-order valence-corrected chi connectivity index (χ0v) is 14.0. The van der Waals surface area contributed by atoms with E-state index >= 15 is 0 Å². The quantitative estimate of drug-likeness (QED) is 0.801. The Morgan fingerprint density at radius 3 is 2.76 bits per heavy atom. The molecule has 1 unspecified atom stereocenters. The number of benzene rings is 1. The Morgan fingerprint density at radius 2 is 2.10 bits per heavy atom. The van der Waals surface area contributed by atoms with Crippen molar-refractivity contribution >= 4 is 29.2 Å². The highest BCUT2D eigenvalue weighted by atomic mass is 35.5. The normalized spacial score (nSPS) is 19.0. The molecule has 112 valence electrons. The van der Waals surface area contributed by atoms with Crippen LogP contribution < -0.4 is 4.90 Å². The fourth-order valence-electron chi connectivity index (χ4n) is 2.79. The van der Waals surface area contributed by atoms with Crippen molar-refractivity contribution in [1.29, 1.82) is 0 Å². The molecule has 1 atom stereocenters. The van der Waals surface area contributed by atoms with Crippen LogP contribution in [0.25, 0.3) is 5.69 Å². The van der Waals surface area contributed by atoms with Gasteiger partial charge in [-0.25, -0.2) is 4.68 Å². The minimum Gasteiger partial charge on any atom is -0.352 e. The minimum atomic E-state index is 0.504. The van der Waals surface area contributed by atoms with Crippen LogP contribution in [-0.4, -0.2) is 33.9 Å². The van der Waals surface area contributed by atoms with Crippen LogP contribution in [0.15, 0.2) is 30.3 Å². The number of hydrogen-bond donors (Lipinski definition) is 0.